The summed E-state index contributed by atoms with van der Waals surface area (Å²) in [7, 11) is 3.84. The molecule has 360 valence electrons. The van der Waals surface area contributed by atoms with Crippen molar-refractivity contribution in [1.82, 2.24) is 4.90 Å². The van der Waals surface area contributed by atoms with Crippen molar-refractivity contribution in [3.63, 3.8) is 0 Å². The van der Waals surface area contributed by atoms with Gasteiger partial charge < -0.3 is 33.3 Å². The van der Waals surface area contributed by atoms with Gasteiger partial charge in [0.25, 0.3) is 0 Å². The Morgan fingerprint density at radius 3 is 1.10 bits per heavy atom. The summed E-state index contributed by atoms with van der Waals surface area (Å²) in [5.41, 5.74) is 0. The largest absolute Gasteiger partial charge is 0.462 e. The zero-order valence-corrected chi connectivity index (χ0v) is 40.1. The molecule has 0 spiro atoms. The van der Waals surface area contributed by atoms with Gasteiger partial charge in [0.05, 0.1) is 0 Å². The predicted molar refractivity (Wildman–Crippen MR) is 241 cm³/mol. The number of hydrogen-bond acceptors (Lipinski definition) is 15. The Morgan fingerprint density at radius 2 is 0.758 bits per heavy atom. The first-order valence-corrected chi connectivity index (χ1v) is 24.6. The molecule has 15 heteroatoms. The van der Waals surface area contributed by atoms with Crippen molar-refractivity contribution >= 4 is 52.7 Å². The summed E-state index contributed by atoms with van der Waals surface area (Å²) in [6.45, 7) is 7.84. The van der Waals surface area contributed by atoms with Gasteiger partial charge in [-0.05, 0) is 65.6 Å². The van der Waals surface area contributed by atoms with Crippen LogP contribution < -0.4 is 0 Å². The molecule has 0 aliphatic heterocycles. The topological polar surface area (TPSA) is 178 Å². The molecule has 0 rings (SSSR count). The van der Waals surface area contributed by atoms with E-state index < -0.39 is 53.3 Å². The molecule has 0 heterocycles. The number of carbonyl (C=O) groups excluding carboxylic acids is 7. The van der Waals surface area contributed by atoms with Crippen LogP contribution in [0.1, 0.15) is 195 Å². The minimum absolute atomic E-state index is 0.0815. The fourth-order valence-corrected chi connectivity index (χ4v) is 7.29. The molecule has 0 aromatic heterocycles. The average molecular weight is 902 g/mol. The molecule has 2 unspecified atom stereocenters. The van der Waals surface area contributed by atoms with Crippen LogP contribution >= 0.6 is 11.8 Å². The third-order valence-electron chi connectivity index (χ3n) is 9.85. The highest BCUT2D eigenvalue weighted by atomic mass is 32.2. The Hall–Kier alpha value is -3.20. The standard InChI is InChI=1S/C47H83NO13S/c1-7-11-14-17-20-25-42(50)57-35-38(34-56-41(49)24-10-4)60-45(53)31-29-40(62-47(55)28-23-33-48(5)6)30-32-46(54)61-39(36-58-43(51)26-21-18-15-12-8-2)37-59-44(52)27-22-19-16-13-9-3/h38-40H,7-37H2,1-6H3. The maximum atomic E-state index is 13.2. The van der Waals surface area contributed by atoms with Gasteiger partial charge in [-0.3, -0.25) is 33.6 Å². The quantitative estimate of drug-likeness (QED) is 0.0322. The van der Waals surface area contributed by atoms with E-state index in [1.165, 1.54) is 0 Å². The van der Waals surface area contributed by atoms with Crippen molar-refractivity contribution in [2.75, 3.05) is 47.1 Å². The molecule has 62 heavy (non-hydrogen) atoms. The highest BCUT2D eigenvalue weighted by Gasteiger charge is 2.25. The van der Waals surface area contributed by atoms with Crippen LogP contribution in [0.15, 0.2) is 0 Å². The minimum atomic E-state index is -1.01. The van der Waals surface area contributed by atoms with E-state index in [-0.39, 0.29) is 82.9 Å². The highest BCUT2D eigenvalue weighted by molar-refractivity contribution is 8.14. The SMILES string of the molecule is CCCCCCCC(=O)OCC(COC(=O)CCC)OC(=O)CCC(CCC(=O)OC(COC(=O)CCCCCCC)COC(=O)CCCCCCC)SC(=O)CCCN(C)C. The summed E-state index contributed by atoms with van der Waals surface area (Å²) < 4.78 is 32.8. The maximum Gasteiger partial charge on any atom is 0.306 e. The van der Waals surface area contributed by atoms with Crippen LogP contribution in [0.4, 0.5) is 0 Å². The van der Waals surface area contributed by atoms with Crippen molar-refractivity contribution in [1.29, 1.82) is 0 Å². The van der Waals surface area contributed by atoms with E-state index in [1.54, 1.807) is 0 Å². The molecule has 0 bridgehead atoms. The lowest BCUT2D eigenvalue weighted by atomic mass is 10.1. The summed E-state index contributed by atoms with van der Waals surface area (Å²) in [5, 5.41) is -0.537. The van der Waals surface area contributed by atoms with Gasteiger partial charge in [-0.1, -0.05) is 117 Å². The molecule has 0 saturated heterocycles. The Balaban J connectivity index is 5.62. The number of nitrogens with zero attached hydrogens (tertiary/aromatic N) is 1. The van der Waals surface area contributed by atoms with E-state index in [1.807, 2.05) is 25.9 Å². The van der Waals surface area contributed by atoms with Gasteiger partial charge in [-0.2, -0.15) is 0 Å². The molecule has 0 N–H and O–H groups in total. The van der Waals surface area contributed by atoms with E-state index in [0.29, 0.717) is 38.5 Å². The zero-order valence-electron chi connectivity index (χ0n) is 39.3. The van der Waals surface area contributed by atoms with Gasteiger partial charge in [0.1, 0.15) is 26.4 Å². The Labute approximate surface area is 377 Å². The Bertz CT molecular complexity index is 1200. The van der Waals surface area contributed by atoms with E-state index in [4.69, 9.17) is 28.4 Å². The fraction of sp³-hybridized carbons (Fsp3) is 0.851. The Morgan fingerprint density at radius 1 is 0.403 bits per heavy atom. The van der Waals surface area contributed by atoms with Crippen LogP contribution in [0.25, 0.3) is 0 Å². The molecule has 2 atom stereocenters. The molecular weight excluding hydrogens is 819 g/mol. The molecule has 0 saturated carbocycles. The van der Waals surface area contributed by atoms with E-state index in [2.05, 4.69) is 20.8 Å². The van der Waals surface area contributed by atoms with Gasteiger partial charge in [0.15, 0.2) is 17.3 Å². The van der Waals surface area contributed by atoms with Gasteiger partial charge >= 0.3 is 35.8 Å². The van der Waals surface area contributed by atoms with Crippen LogP contribution in [-0.2, 0) is 62.0 Å². The first kappa shape index (κ1) is 58.8. The second-order valence-corrected chi connectivity index (χ2v) is 17.7. The van der Waals surface area contributed by atoms with Crippen LogP contribution in [0.3, 0.4) is 0 Å². The molecule has 0 aromatic carbocycles. The van der Waals surface area contributed by atoms with Crippen LogP contribution in [0, 0.1) is 0 Å². The molecule has 0 aliphatic rings. The molecular formula is C47H83NO13S. The van der Waals surface area contributed by atoms with Crippen molar-refractivity contribution in [2.45, 2.75) is 212 Å². The fourth-order valence-electron chi connectivity index (χ4n) is 6.18. The third-order valence-corrected chi connectivity index (χ3v) is 11.1. The average Bonchev–Trinajstić information content (AvgIpc) is 3.23. The maximum absolute atomic E-state index is 13.2. The van der Waals surface area contributed by atoms with E-state index in [0.717, 1.165) is 95.4 Å². The number of esters is 6. The number of carbonyl (C=O) groups is 7. The second-order valence-electron chi connectivity index (χ2n) is 16.3. The lowest BCUT2D eigenvalue weighted by molar-refractivity contribution is -0.167. The normalized spacial score (nSPS) is 12.1. The molecule has 14 nitrogen and oxygen atoms in total. The zero-order chi connectivity index (χ0) is 46.2. The first-order valence-electron chi connectivity index (χ1n) is 23.7. The summed E-state index contributed by atoms with van der Waals surface area (Å²) >= 11 is 1.07. The molecule has 0 aliphatic carbocycles. The summed E-state index contributed by atoms with van der Waals surface area (Å²) in [6, 6.07) is 0. The van der Waals surface area contributed by atoms with Gasteiger partial charge in [0.2, 0.25) is 0 Å². The van der Waals surface area contributed by atoms with Crippen molar-refractivity contribution in [3.05, 3.63) is 0 Å². The minimum Gasteiger partial charge on any atom is -0.462 e. The van der Waals surface area contributed by atoms with E-state index in [9.17, 15) is 33.6 Å². The summed E-state index contributed by atoms with van der Waals surface area (Å²) in [6.07, 6.45) is 15.0. The Kier molecular flexibility index (Phi) is 38.5. The molecule has 0 aromatic rings. The number of thioether (sulfide) groups is 1. The third kappa shape index (κ3) is 37.4. The van der Waals surface area contributed by atoms with Gasteiger partial charge in [0, 0.05) is 50.2 Å². The van der Waals surface area contributed by atoms with Gasteiger partial charge in [-0.15, -0.1) is 0 Å². The van der Waals surface area contributed by atoms with E-state index >= 15 is 0 Å². The number of rotatable bonds is 41. The highest BCUT2D eigenvalue weighted by Crippen LogP contribution is 2.25. The monoisotopic (exact) mass is 902 g/mol. The molecule has 0 fully saturated rings. The number of ether oxygens (including phenoxy) is 6. The summed E-state index contributed by atoms with van der Waals surface area (Å²) in [4.78, 5) is 90.9. The van der Waals surface area contributed by atoms with Crippen LogP contribution in [0.2, 0.25) is 0 Å². The predicted octanol–water partition coefficient (Wildman–Crippen LogP) is 9.40. The lowest BCUT2D eigenvalue weighted by Crippen LogP contribution is -2.31. The van der Waals surface area contributed by atoms with Crippen molar-refractivity contribution < 1.29 is 62.0 Å². The smallest absolute Gasteiger partial charge is 0.306 e. The number of unbranched alkanes of at least 4 members (excludes halogenated alkanes) is 12. The first-order chi connectivity index (χ1) is 29.8. The summed E-state index contributed by atoms with van der Waals surface area (Å²) in [5.74, 6) is -2.98. The molecule has 0 amide bonds. The van der Waals surface area contributed by atoms with Crippen LogP contribution in [-0.4, -0.2) is 110 Å². The molecule has 0 radical (unpaired) electrons. The van der Waals surface area contributed by atoms with Crippen LogP contribution in [0.5, 0.6) is 0 Å². The second kappa shape index (κ2) is 40.6. The lowest BCUT2D eigenvalue weighted by Gasteiger charge is -2.20. The van der Waals surface area contributed by atoms with Crippen molar-refractivity contribution in [2.24, 2.45) is 0 Å². The number of hydrogen-bond donors (Lipinski definition) is 0. The van der Waals surface area contributed by atoms with Gasteiger partial charge in [-0.25, -0.2) is 0 Å². The van der Waals surface area contributed by atoms with Crippen molar-refractivity contribution in [3.8, 4) is 0 Å².